The highest BCUT2D eigenvalue weighted by Crippen LogP contribution is 2.42. The Morgan fingerprint density at radius 3 is 2.00 bits per heavy atom. The van der Waals surface area contributed by atoms with E-state index in [2.05, 4.69) is 60.7 Å². The zero-order valence-corrected chi connectivity index (χ0v) is 13.2. The average Bonchev–Trinajstić information content (AvgIpc) is 3.23. The van der Waals surface area contributed by atoms with E-state index in [-0.39, 0.29) is 0 Å². The second kappa shape index (κ2) is 6.13. The zero-order valence-electron chi connectivity index (χ0n) is 13.2. The summed E-state index contributed by atoms with van der Waals surface area (Å²) in [5, 5.41) is 7.53. The lowest BCUT2D eigenvalue weighted by Gasteiger charge is -2.09. The maximum atomic E-state index is 7.53. The first kappa shape index (κ1) is 14.4. The summed E-state index contributed by atoms with van der Waals surface area (Å²) in [4.78, 5) is 0. The number of fused-ring (bicyclic) bond motifs is 1. The maximum Gasteiger partial charge on any atom is 0.0184 e. The van der Waals surface area contributed by atoms with Crippen LogP contribution in [0.25, 0.3) is 11.1 Å². The topological polar surface area (TPSA) is 23.9 Å². The van der Waals surface area contributed by atoms with Crippen molar-refractivity contribution in [2.75, 3.05) is 0 Å². The van der Waals surface area contributed by atoms with E-state index in [1.807, 2.05) is 30.3 Å². The van der Waals surface area contributed by atoms with Crippen LogP contribution in [0.2, 0.25) is 0 Å². The number of hydrogen-bond donors (Lipinski definition) is 1. The molecule has 1 nitrogen and oxygen atoms in total. The Morgan fingerprint density at radius 2 is 1.29 bits per heavy atom. The highest BCUT2D eigenvalue weighted by Gasteiger charge is 2.22. The summed E-state index contributed by atoms with van der Waals surface area (Å²) < 4.78 is 0. The average molecular weight is 307 g/mol. The molecule has 1 N–H and O–H groups in total. The summed E-state index contributed by atoms with van der Waals surface area (Å²) in [5.74, 6) is 0. The van der Waals surface area contributed by atoms with Crippen molar-refractivity contribution in [1.82, 2.24) is 0 Å². The van der Waals surface area contributed by atoms with Crippen LogP contribution < -0.4 is 0 Å². The molecule has 0 heterocycles. The van der Waals surface area contributed by atoms with Crippen LogP contribution in [-0.2, 0) is 0 Å². The predicted molar refractivity (Wildman–Crippen MR) is 102 cm³/mol. The molecule has 0 spiro atoms. The molecule has 2 aliphatic carbocycles. The van der Waals surface area contributed by atoms with E-state index in [0.717, 1.165) is 11.1 Å². The highest BCUT2D eigenvalue weighted by atomic mass is 14.3. The molecule has 0 unspecified atom stereocenters. The first-order valence-corrected chi connectivity index (χ1v) is 8.05. The van der Waals surface area contributed by atoms with Gasteiger partial charge in [0.05, 0.1) is 0 Å². The molecule has 0 saturated heterocycles. The predicted octanol–water partition coefficient (Wildman–Crippen LogP) is 5.61. The summed E-state index contributed by atoms with van der Waals surface area (Å²) in [6.07, 6.45) is 12.0. The summed E-state index contributed by atoms with van der Waals surface area (Å²) in [6.45, 7) is 0. The van der Waals surface area contributed by atoms with Gasteiger partial charge in [0.2, 0.25) is 0 Å². The molecule has 0 aromatic heterocycles. The van der Waals surface area contributed by atoms with Crippen molar-refractivity contribution in [2.45, 2.75) is 0 Å². The van der Waals surface area contributed by atoms with Gasteiger partial charge in [-0.05, 0) is 45.1 Å². The molecule has 1 heteroatoms. The first-order chi connectivity index (χ1) is 11.9. The third-order valence-electron chi connectivity index (χ3n) is 4.41. The fourth-order valence-corrected chi connectivity index (χ4v) is 3.31. The van der Waals surface area contributed by atoms with Gasteiger partial charge in [-0.1, -0.05) is 85.0 Å². The van der Waals surface area contributed by atoms with Crippen LogP contribution in [0.5, 0.6) is 0 Å². The van der Waals surface area contributed by atoms with E-state index in [4.69, 9.17) is 5.41 Å². The van der Waals surface area contributed by atoms with Crippen LogP contribution in [0.1, 0.15) is 11.1 Å². The monoisotopic (exact) mass is 307 g/mol. The van der Waals surface area contributed by atoms with Crippen molar-refractivity contribution >= 4 is 17.4 Å². The molecule has 0 bridgehead atoms. The van der Waals surface area contributed by atoms with Gasteiger partial charge in [-0.25, -0.2) is 0 Å². The van der Waals surface area contributed by atoms with Gasteiger partial charge in [0.25, 0.3) is 0 Å². The Bertz CT molecular complexity index is 936. The van der Waals surface area contributed by atoms with Crippen LogP contribution in [-0.4, -0.2) is 6.21 Å². The van der Waals surface area contributed by atoms with E-state index >= 15 is 0 Å². The first-order valence-electron chi connectivity index (χ1n) is 8.05. The van der Waals surface area contributed by atoms with E-state index in [1.165, 1.54) is 34.1 Å². The molecule has 0 amide bonds. The molecular formula is C23H17N. The van der Waals surface area contributed by atoms with E-state index < -0.39 is 0 Å². The third kappa shape index (κ3) is 2.40. The molecule has 0 fully saturated rings. The van der Waals surface area contributed by atoms with Gasteiger partial charge < -0.3 is 5.41 Å². The number of allylic oxidation sites excluding steroid dienone is 10. The molecule has 0 radical (unpaired) electrons. The SMILES string of the molecule is N=C/C=C(\C1=C2C=CC(c3ccccc3)=C2C=C1)c1ccccc1. The highest BCUT2D eigenvalue weighted by molar-refractivity contribution is 5.98. The third-order valence-corrected chi connectivity index (χ3v) is 4.41. The van der Waals surface area contributed by atoms with Crippen LogP contribution in [0.15, 0.2) is 108 Å². The minimum Gasteiger partial charge on any atom is -0.309 e. The Balaban J connectivity index is 1.84. The molecule has 2 aliphatic rings. The van der Waals surface area contributed by atoms with Crippen LogP contribution in [0, 0.1) is 5.41 Å². The van der Waals surface area contributed by atoms with Gasteiger partial charge >= 0.3 is 0 Å². The molecule has 0 aliphatic heterocycles. The lowest BCUT2D eigenvalue weighted by molar-refractivity contribution is 1.54. The van der Waals surface area contributed by atoms with Gasteiger partial charge in [-0.2, -0.15) is 0 Å². The summed E-state index contributed by atoms with van der Waals surface area (Å²) in [5.41, 5.74) is 8.42. The van der Waals surface area contributed by atoms with Crippen molar-refractivity contribution in [1.29, 1.82) is 5.41 Å². The van der Waals surface area contributed by atoms with Gasteiger partial charge in [-0.3, -0.25) is 0 Å². The van der Waals surface area contributed by atoms with E-state index in [1.54, 1.807) is 0 Å². The zero-order chi connectivity index (χ0) is 16.4. The van der Waals surface area contributed by atoms with Gasteiger partial charge in [0, 0.05) is 6.21 Å². The number of benzene rings is 2. The number of rotatable bonds is 4. The summed E-state index contributed by atoms with van der Waals surface area (Å²) in [7, 11) is 0. The second-order valence-corrected chi connectivity index (χ2v) is 5.80. The van der Waals surface area contributed by atoms with Crippen molar-refractivity contribution in [2.24, 2.45) is 0 Å². The minimum absolute atomic E-state index is 1.09. The van der Waals surface area contributed by atoms with Gasteiger partial charge in [-0.15, -0.1) is 0 Å². The Morgan fingerprint density at radius 1 is 0.667 bits per heavy atom. The maximum absolute atomic E-state index is 7.53. The van der Waals surface area contributed by atoms with Crippen molar-refractivity contribution in [3.8, 4) is 0 Å². The second-order valence-electron chi connectivity index (χ2n) is 5.80. The van der Waals surface area contributed by atoms with Crippen LogP contribution in [0.3, 0.4) is 0 Å². The largest absolute Gasteiger partial charge is 0.309 e. The summed E-state index contributed by atoms with van der Waals surface area (Å²) >= 11 is 0. The van der Waals surface area contributed by atoms with E-state index in [0.29, 0.717) is 0 Å². The normalized spacial score (nSPS) is 16.1. The Labute approximate surface area is 142 Å². The summed E-state index contributed by atoms with van der Waals surface area (Å²) in [6, 6.07) is 20.7. The lowest BCUT2D eigenvalue weighted by Crippen LogP contribution is -1.90. The fourth-order valence-electron chi connectivity index (χ4n) is 3.31. The van der Waals surface area contributed by atoms with Gasteiger partial charge in [0.1, 0.15) is 0 Å². The molecule has 0 atom stereocenters. The minimum atomic E-state index is 1.09. The lowest BCUT2D eigenvalue weighted by atomic mass is 9.94. The van der Waals surface area contributed by atoms with Crippen molar-refractivity contribution in [3.05, 3.63) is 119 Å². The Kier molecular flexibility index (Phi) is 3.68. The molecule has 4 rings (SSSR count). The number of hydrogen-bond acceptors (Lipinski definition) is 1. The van der Waals surface area contributed by atoms with Gasteiger partial charge in [0.15, 0.2) is 0 Å². The molecule has 114 valence electrons. The van der Waals surface area contributed by atoms with Crippen molar-refractivity contribution < 1.29 is 0 Å². The van der Waals surface area contributed by atoms with E-state index in [9.17, 15) is 0 Å². The number of nitrogens with one attached hydrogen (secondary N) is 1. The molecule has 0 saturated carbocycles. The molecule has 2 aromatic rings. The van der Waals surface area contributed by atoms with Crippen LogP contribution >= 0.6 is 0 Å². The molecule has 24 heavy (non-hydrogen) atoms. The van der Waals surface area contributed by atoms with Crippen molar-refractivity contribution in [3.63, 3.8) is 0 Å². The standard InChI is InChI=1S/C23H17N/c24-16-15-20(18-9-5-2-6-10-18)22-14-13-21-19(11-12-23(21)22)17-7-3-1-4-8-17/h1-16,24H/b20-15-,24-16?. The Hall–Kier alpha value is -3.19. The van der Waals surface area contributed by atoms with Crippen LogP contribution in [0.4, 0.5) is 0 Å². The molecule has 2 aromatic carbocycles. The smallest absolute Gasteiger partial charge is 0.0184 e. The fraction of sp³-hybridized carbons (Fsp3) is 0. The quantitative estimate of drug-likeness (QED) is 0.710. The molecular weight excluding hydrogens is 290 g/mol.